The first-order chi connectivity index (χ1) is 7.42. The van der Waals surface area contributed by atoms with Crippen molar-refractivity contribution in [2.75, 3.05) is 19.6 Å². The molecule has 2 aliphatic rings. The summed E-state index contributed by atoms with van der Waals surface area (Å²) in [6.07, 6.45) is 2.76. The number of piperidine rings is 1. The van der Waals surface area contributed by atoms with Gasteiger partial charge in [0.25, 0.3) is 0 Å². The van der Waals surface area contributed by atoms with Crippen LogP contribution in [-0.2, 0) is 6.54 Å². The zero-order valence-corrected chi connectivity index (χ0v) is 9.67. The SMILES string of the molecule is c1nc(CN2C[C@@H]3CCCN[C@@H]3C2)cs1. The Balaban J connectivity index is 1.60. The monoisotopic (exact) mass is 223 g/mol. The van der Waals surface area contributed by atoms with Crippen LogP contribution in [0.2, 0.25) is 0 Å². The second kappa shape index (κ2) is 4.20. The molecule has 1 aromatic rings. The van der Waals surface area contributed by atoms with Crippen LogP contribution in [-0.4, -0.2) is 35.6 Å². The molecule has 1 N–H and O–H groups in total. The van der Waals surface area contributed by atoms with Crippen LogP contribution in [0, 0.1) is 5.92 Å². The summed E-state index contributed by atoms with van der Waals surface area (Å²) in [7, 11) is 0. The number of fused-ring (bicyclic) bond motifs is 1. The van der Waals surface area contributed by atoms with E-state index in [-0.39, 0.29) is 0 Å². The Kier molecular flexibility index (Phi) is 2.73. The molecule has 3 nitrogen and oxygen atoms in total. The minimum atomic E-state index is 0.748. The largest absolute Gasteiger partial charge is 0.312 e. The van der Waals surface area contributed by atoms with E-state index >= 15 is 0 Å². The van der Waals surface area contributed by atoms with Crippen molar-refractivity contribution in [1.82, 2.24) is 15.2 Å². The summed E-state index contributed by atoms with van der Waals surface area (Å²) < 4.78 is 0. The van der Waals surface area contributed by atoms with Crippen molar-refractivity contribution in [3.8, 4) is 0 Å². The van der Waals surface area contributed by atoms with Crippen LogP contribution >= 0.6 is 11.3 Å². The molecule has 3 rings (SSSR count). The summed E-state index contributed by atoms with van der Waals surface area (Å²) in [6, 6.07) is 0.748. The highest BCUT2D eigenvalue weighted by molar-refractivity contribution is 7.07. The summed E-state index contributed by atoms with van der Waals surface area (Å²) >= 11 is 1.70. The first-order valence-electron chi connectivity index (χ1n) is 5.74. The van der Waals surface area contributed by atoms with Gasteiger partial charge in [-0.2, -0.15) is 0 Å². The molecule has 15 heavy (non-hydrogen) atoms. The van der Waals surface area contributed by atoms with E-state index in [1.165, 1.54) is 38.2 Å². The van der Waals surface area contributed by atoms with Gasteiger partial charge >= 0.3 is 0 Å². The molecule has 0 aromatic carbocycles. The summed E-state index contributed by atoms with van der Waals surface area (Å²) in [4.78, 5) is 6.90. The zero-order valence-electron chi connectivity index (χ0n) is 8.85. The van der Waals surface area contributed by atoms with Crippen LogP contribution in [0.1, 0.15) is 18.5 Å². The summed E-state index contributed by atoms with van der Waals surface area (Å²) in [5, 5.41) is 5.79. The van der Waals surface area contributed by atoms with E-state index in [1.807, 2.05) is 5.51 Å². The lowest BCUT2D eigenvalue weighted by atomic mass is 9.94. The molecule has 0 aliphatic carbocycles. The summed E-state index contributed by atoms with van der Waals surface area (Å²) in [5.74, 6) is 0.886. The number of nitrogens with one attached hydrogen (secondary N) is 1. The van der Waals surface area contributed by atoms with E-state index in [9.17, 15) is 0 Å². The Morgan fingerprint density at radius 2 is 2.53 bits per heavy atom. The lowest BCUT2D eigenvalue weighted by molar-refractivity contribution is 0.310. The Labute approximate surface area is 94.5 Å². The summed E-state index contributed by atoms with van der Waals surface area (Å²) in [5.41, 5.74) is 3.16. The maximum absolute atomic E-state index is 4.35. The van der Waals surface area contributed by atoms with E-state index in [1.54, 1.807) is 11.3 Å². The molecule has 0 radical (unpaired) electrons. The Bertz CT molecular complexity index is 298. The molecule has 2 aliphatic heterocycles. The molecule has 0 unspecified atom stereocenters. The van der Waals surface area contributed by atoms with Gasteiger partial charge in [0.2, 0.25) is 0 Å². The van der Waals surface area contributed by atoms with Crippen molar-refractivity contribution >= 4 is 11.3 Å². The fourth-order valence-corrected chi connectivity index (χ4v) is 3.36. The number of rotatable bonds is 2. The molecule has 2 atom stereocenters. The van der Waals surface area contributed by atoms with Gasteiger partial charge in [0, 0.05) is 31.1 Å². The quantitative estimate of drug-likeness (QED) is 0.820. The Hall–Kier alpha value is -0.450. The van der Waals surface area contributed by atoms with E-state index in [4.69, 9.17) is 0 Å². The number of aromatic nitrogens is 1. The normalized spacial score (nSPS) is 31.7. The summed E-state index contributed by atoms with van der Waals surface area (Å²) in [6.45, 7) is 4.72. The topological polar surface area (TPSA) is 28.2 Å². The number of hydrogen-bond acceptors (Lipinski definition) is 4. The highest BCUT2D eigenvalue weighted by Crippen LogP contribution is 2.25. The van der Waals surface area contributed by atoms with Crippen molar-refractivity contribution in [3.63, 3.8) is 0 Å². The zero-order chi connectivity index (χ0) is 10.1. The van der Waals surface area contributed by atoms with E-state index < -0.39 is 0 Å². The van der Waals surface area contributed by atoms with Gasteiger partial charge in [-0.25, -0.2) is 4.98 Å². The lowest BCUT2D eigenvalue weighted by Crippen LogP contribution is -2.40. The van der Waals surface area contributed by atoms with Crippen LogP contribution < -0.4 is 5.32 Å². The molecule has 3 heterocycles. The molecule has 1 aromatic heterocycles. The smallest absolute Gasteiger partial charge is 0.0795 e. The average molecular weight is 223 g/mol. The predicted octanol–water partition coefficient (Wildman–Crippen LogP) is 1.33. The number of hydrogen-bond donors (Lipinski definition) is 1. The molecule has 0 spiro atoms. The van der Waals surface area contributed by atoms with Crippen LogP contribution in [0.3, 0.4) is 0 Å². The molecule has 82 valence electrons. The Morgan fingerprint density at radius 1 is 1.53 bits per heavy atom. The van der Waals surface area contributed by atoms with Crippen molar-refractivity contribution in [1.29, 1.82) is 0 Å². The fraction of sp³-hybridized carbons (Fsp3) is 0.727. The van der Waals surface area contributed by atoms with Gasteiger partial charge in [-0.3, -0.25) is 4.90 Å². The number of thiazole rings is 1. The van der Waals surface area contributed by atoms with Crippen LogP contribution in [0.4, 0.5) is 0 Å². The first kappa shape index (κ1) is 9.75. The molecule has 4 heteroatoms. The highest BCUT2D eigenvalue weighted by atomic mass is 32.1. The minimum Gasteiger partial charge on any atom is -0.312 e. The van der Waals surface area contributed by atoms with Gasteiger partial charge < -0.3 is 5.32 Å². The number of likely N-dealkylation sites (tertiary alicyclic amines) is 1. The maximum atomic E-state index is 4.35. The fourth-order valence-electron chi connectivity index (χ4n) is 2.81. The van der Waals surface area contributed by atoms with Crippen LogP contribution in [0.5, 0.6) is 0 Å². The molecule has 0 saturated carbocycles. The van der Waals surface area contributed by atoms with Gasteiger partial charge in [-0.05, 0) is 25.3 Å². The average Bonchev–Trinajstić information content (AvgIpc) is 2.86. The lowest BCUT2D eigenvalue weighted by Gasteiger charge is -2.24. The van der Waals surface area contributed by atoms with Crippen LogP contribution in [0.15, 0.2) is 10.9 Å². The number of nitrogens with zero attached hydrogens (tertiary/aromatic N) is 2. The molecule has 2 fully saturated rings. The molecular weight excluding hydrogens is 206 g/mol. The third-order valence-electron chi connectivity index (χ3n) is 3.54. The minimum absolute atomic E-state index is 0.748. The predicted molar refractivity (Wildman–Crippen MR) is 61.9 cm³/mol. The van der Waals surface area contributed by atoms with Gasteiger partial charge in [0.1, 0.15) is 0 Å². The van der Waals surface area contributed by atoms with Crippen molar-refractivity contribution in [2.45, 2.75) is 25.4 Å². The van der Waals surface area contributed by atoms with Crippen LogP contribution in [0.25, 0.3) is 0 Å². The highest BCUT2D eigenvalue weighted by Gasteiger charge is 2.33. The van der Waals surface area contributed by atoms with Gasteiger partial charge in [-0.1, -0.05) is 0 Å². The van der Waals surface area contributed by atoms with Crippen molar-refractivity contribution in [2.24, 2.45) is 5.92 Å². The molecule has 0 bridgehead atoms. The van der Waals surface area contributed by atoms with Gasteiger partial charge in [0.05, 0.1) is 11.2 Å². The van der Waals surface area contributed by atoms with Gasteiger partial charge in [0.15, 0.2) is 0 Å². The van der Waals surface area contributed by atoms with Gasteiger partial charge in [-0.15, -0.1) is 11.3 Å². The third kappa shape index (κ3) is 2.07. The van der Waals surface area contributed by atoms with Crippen molar-refractivity contribution < 1.29 is 0 Å². The van der Waals surface area contributed by atoms with E-state index in [2.05, 4.69) is 20.6 Å². The molecule has 2 saturated heterocycles. The first-order valence-corrected chi connectivity index (χ1v) is 6.69. The maximum Gasteiger partial charge on any atom is 0.0795 e. The second-order valence-corrected chi connectivity index (χ2v) is 5.36. The van der Waals surface area contributed by atoms with E-state index in [0.29, 0.717) is 0 Å². The molecular formula is C11H17N3S. The Morgan fingerprint density at radius 3 is 3.33 bits per heavy atom. The standard InChI is InChI=1S/C11H17N3S/c1-2-9-4-14(6-11(9)12-3-1)5-10-7-15-8-13-10/h7-9,11-12H,1-6H2/t9-,11+/m0/s1. The van der Waals surface area contributed by atoms with E-state index in [0.717, 1.165) is 18.5 Å². The second-order valence-electron chi connectivity index (χ2n) is 4.64. The van der Waals surface area contributed by atoms with Crippen molar-refractivity contribution in [3.05, 3.63) is 16.6 Å². The third-order valence-corrected chi connectivity index (χ3v) is 4.18. The molecule has 0 amide bonds.